The standard InChI is InChI=1S/C16H12N2O2S2/c19-15(13-6-2-8-21-13)17-11-4-1-5-12(10-11)18-16(20)14-7-3-9-22-14/h1-10H,(H,17,19)(H,18,20). The summed E-state index contributed by atoms with van der Waals surface area (Å²) in [4.78, 5) is 25.3. The highest BCUT2D eigenvalue weighted by atomic mass is 32.1. The van der Waals surface area contributed by atoms with Gasteiger partial charge < -0.3 is 10.6 Å². The minimum Gasteiger partial charge on any atom is -0.321 e. The Bertz CT molecular complexity index is 717. The second kappa shape index (κ2) is 6.55. The zero-order valence-corrected chi connectivity index (χ0v) is 13.0. The molecule has 0 aliphatic heterocycles. The Balaban J connectivity index is 1.70. The van der Waals surface area contributed by atoms with Gasteiger partial charge in [-0.2, -0.15) is 0 Å². The van der Waals surface area contributed by atoms with E-state index in [4.69, 9.17) is 0 Å². The number of carbonyl (C=O) groups excluding carboxylic acids is 2. The lowest BCUT2D eigenvalue weighted by molar-refractivity contribution is 0.102. The summed E-state index contributed by atoms with van der Waals surface area (Å²) in [5.74, 6) is -0.312. The van der Waals surface area contributed by atoms with Gasteiger partial charge in [0.1, 0.15) is 0 Å². The van der Waals surface area contributed by atoms with Gasteiger partial charge in [0.25, 0.3) is 11.8 Å². The zero-order valence-electron chi connectivity index (χ0n) is 11.4. The van der Waals surface area contributed by atoms with Crippen LogP contribution < -0.4 is 10.6 Å². The fraction of sp³-hybridized carbons (Fsp3) is 0. The molecule has 0 saturated carbocycles. The van der Waals surface area contributed by atoms with Crippen molar-refractivity contribution in [2.45, 2.75) is 0 Å². The summed E-state index contributed by atoms with van der Waals surface area (Å²) in [5, 5.41) is 9.34. The first-order valence-electron chi connectivity index (χ1n) is 6.52. The third kappa shape index (κ3) is 3.41. The summed E-state index contributed by atoms with van der Waals surface area (Å²) in [7, 11) is 0. The third-order valence-corrected chi connectivity index (χ3v) is 4.61. The predicted molar refractivity (Wildman–Crippen MR) is 91.0 cm³/mol. The van der Waals surface area contributed by atoms with Crippen LogP contribution in [-0.2, 0) is 0 Å². The van der Waals surface area contributed by atoms with Crippen LogP contribution in [0.1, 0.15) is 19.3 Å². The molecule has 0 saturated heterocycles. The molecular formula is C16H12N2O2S2. The van der Waals surface area contributed by atoms with Crippen molar-refractivity contribution in [1.29, 1.82) is 0 Å². The second-order valence-corrected chi connectivity index (χ2v) is 6.34. The number of nitrogens with one attached hydrogen (secondary N) is 2. The van der Waals surface area contributed by atoms with E-state index in [1.54, 1.807) is 36.4 Å². The average molecular weight is 328 g/mol. The highest BCUT2D eigenvalue weighted by Gasteiger charge is 2.09. The summed E-state index contributed by atoms with van der Waals surface area (Å²) >= 11 is 2.77. The van der Waals surface area contributed by atoms with Crippen molar-refractivity contribution in [3.8, 4) is 0 Å². The van der Waals surface area contributed by atoms with Crippen LogP contribution in [0.4, 0.5) is 11.4 Å². The van der Waals surface area contributed by atoms with Crippen LogP contribution in [0.25, 0.3) is 0 Å². The van der Waals surface area contributed by atoms with Crippen LogP contribution in [0.3, 0.4) is 0 Å². The second-order valence-electron chi connectivity index (χ2n) is 4.44. The highest BCUT2D eigenvalue weighted by Crippen LogP contribution is 2.19. The maximum Gasteiger partial charge on any atom is 0.265 e. The van der Waals surface area contributed by atoms with Crippen molar-refractivity contribution >= 4 is 45.9 Å². The first-order valence-corrected chi connectivity index (χ1v) is 8.28. The molecule has 0 radical (unpaired) electrons. The van der Waals surface area contributed by atoms with Crippen molar-refractivity contribution < 1.29 is 9.59 Å². The number of carbonyl (C=O) groups is 2. The Hall–Kier alpha value is -2.44. The molecule has 6 heteroatoms. The van der Waals surface area contributed by atoms with Crippen molar-refractivity contribution in [2.24, 2.45) is 0 Å². The smallest absolute Gasteiger partial charge is 0.265 e. The van der Waals surface area contributed by atoms with E-state index in [0.29, 0.717) is 21.1 Å². The van der Waals surface area contributed by atoms with Gasteiger partial charge >= 0.3 is 0 Å². The Morgan fingerprint density at radius 3 is 1.64 bits per heavy atom. The predicted octanol–water partition coefficient (Wildman–Crippen LogP) is 4.31. The Labute approximate surface area is 135 Å². The molecule has 0 spiro atoms. The van der Waals surface area contributed by atoms with Gasteiger partial charge in [-0.3, -0.25) is 9.59 Å². The van der Waals surface area contributed by atoms with Crippen molar-refractivity contribution in [3.63, 3.8) is 0 Å². The number of amides is 2. The minimum atomic E-state index is -0.156. The molecule has 1 aromatic carbocycles. The lowest BCUT2D eigenvalue weighted by atomic mass is 10.2. The molecule has 4 nitrogen and oxygen atoms in total. The molecule has 2 amide bonds. The number of hydrogen-bond acceptors (Lipinski definition) is 4. The maximum atomic E-state index is 12.0. The van der Waals surface area contributed by atoms with Gasteiger partial charge in [0.05, 0.1) is 9.75 Å². The molecule has 0 unspecified atom stereocenters. The van der Waals surface area contributed by atoms with Crippen LogP contribution in [0.15, 0.2) is 59.3 Å². The maximum absolute atomic E-state index is 12.0. The summed E-state index contributed by atoms with van der Waals surface area (Å²) in [6.07, 6.45) is 0. The fourth-order valence-corrected chi connectivity index (χ4v) is 3.11. The van der Waals surface area contributed by atoms with E-state index in [1.807, 2.05) is 22.9 Å². The van der Waals surface area contributed by atoms with Crippen LogP contribution in [0.5, 0.6) is 0 Å². The number of hydrogen-bond donors (Lipinski definition) is 2. The molecule has 2 aromatic heterocycles. The fourth-order valence-electron chi connectivity index (χ4n) is 1.88. The lowest BCUT2D eigenvalue weighted by Gasteiger charge is -2.07. The summed E-state index contributed by atoms with van der Waals surface area (Å²) in [5.41, 5.74) is 1.28. The molecule has 0 bridgehead atoms. The molecule has 0 fully saturated rings. The summed E-state index contributed by atoms with van der Waals surface area (Å²) in [6, 6.07) is 14.3. The Morgan fingerprint density at radius 2 is 1.23 bits per heavy atom. The quantitative estimate of drug-likeness (QED) is 0.749. The number of thiophene rings is 2. The van der Waals surface area contributed by atoms with Gasteiger partial charge in [-0.05, 0) is 41.1 Å². The summed E-state index contributed by atoms with van der Waals surface area (Å²) < 4.78 is 0. The monoisotopic (exact) mass is 328 g/mol. The van der Waals surface area contributed by atoms with Crippen molar-refractivity contribution in [2.75, 3.05) is 10.6 Å². The molecule has 110 valence electrons. The van der Waals surface area contributed by atoms with Gasteiger partial charge in [-0.15, -0.1) is 22.7 Å². The van der Waals surface area contributed by atoms with E-state index in [2.05, 4.69) is 10.6 Å². The highest BCUT2D eigenvalue weighted by molar-refractivity contribution is 7.12. The molecular weight excluding hydrogens is 316 g/mol. The Kier molecular flexibility index (Phi) is 4.32. The largest absolute Gasteiger partial charge is 0.321 e. The van der Waals surface area contributed by atoms with Crippen LogP contribution in [0.2, 0.25) is 0 Å². The van der Waals surface area contributed by atoms with Crippen LogP contribution >= 0.6 is 22.7 Å². The van der Waals surface area contributed by atoms with E-state index >= 15 is 0 Å². The molecule has 3 rings (SSSR count). The van der Waals surface area contributed by atoms with E-state index in [0.717, 1.165) is 0 Å². The molecule has 2 N–H and O–H groups in total. The van der Waals surface area contributed by atoms with E-state index in [9.17, 15) is 9.59 Å². The van der Waals surface area contributed by atoms with Gasteiger partial charge in [0, 0.05) is 11.4 Å². The third-order valence-electron chi connectivity index (χ3n) is 2.87. The van der Waals surface area contributed by atoms with Gasteiger partial charge in [-0.1, -0.05) is 18.2 Å². The van der Waals surface area contributed by atoms with Gasteiger partial charge in [0.2, 0.25) is 0 Å². The first-order chi connectivity index (χ1) is 10.7. The summed E-state index contributed by atoms with van der Waals surface area (Å²) in [6.45, 7) is 0. The van der Waals surface area contributed by atoms with Crippen molar-refractivity contribution in [1.82, 2.24) is 0 Å². The molecule has 0 aliphatic rings. The molecule has 3 aromatic rings. The molecule has 0 aliphatic carbocycles. The topological polar surface area (TPSA) is 58.2 Å². The average Bonchev–Trinajstić information content (AvgIpc) is 3.21. The number of anilines is 2. The molecule has 22 heavy (non-hydrogen) atoms. The Morgan fingerprint density at radius 1 is 0.727 bits per heavy atom. The van der Waals surface area contributed by atoms with Gasteiger partial charge in [0.15, 0.2) is 0 Å². The zero-order chi connectivity index (χ0) is 15.4. The lowest BCUT2D eigenvalue weighted by Crippen LogP contribution is -2.12. The van der Waals surface area contributed by atoms with Crippen LogP contribution in [-0.4, -0.2) is 11.8 Å². The minimum absolute atomic E-state index is 0.156. The van der Waals surface area contributed by atoms with E-state index in [-0.39, 0.29) is 11.8 Å². The SMILES string of the molecule is O=C(Nc1cccc(NC(=O)c2cccs2)c1)c1cccs1. The molecule has 0 atom stereocenters. The number of benzene rings is 1. The normalized spacial score (nSPS) is 10.2. The first kappa shape index (κ1) is 14.5. The molecule has 2 heterocycles. The van der Waals surface area contributed by atoms with Crippen molar-refractivity contribution in [3.05, 3.63) is 69.0 Å². The van der Waals surface area contributed by atoms with Gasteiger partial charge in [-0.25, -0.2) is 0 Å². The van der Waals surface area contributed by atoms with Crippen LogP contribution in [0, 0.1) is 0 Å². The number of rotatable bonds is 4. The van der Waals surface area contributed by atoms with E-state index < -0.39 is 0 Å². The van der Waals surface area contributed by atoms with E-state index in [1.165, 1.54) is 22.7 Å².